The quantitative estimate of drug-likeness (QED) is 0.0889. The zero-order valence-corrected chi connectivity index (χ0v) is 29.2. The number of nitro groups is 1. The molecule has 1 atom stereocenters. The molecule has 0 saturated carbocycles. The molecule has 0 saturated heterocycles. The molecule has 7 rings (SSSR count). The lowest BCUT2D eigenvalue weighted by Gasteiger charge is -2.26. The minimum atomic E-state index is -5.06. The normalized spacial score (nSPS) is 14.5. The molecular weight excluding hydrogens is 729 g/mol. The van der Waals surface area contributed by atoms with Gasteiger partial charge in [0.05, 0.1) is 39.1 Å². The highest BCUT2D eigenvalue weighted by molar-refractivity contribution is 7.07. The van der Waals surface area contributed by atoms with E-state index in [1.54, 1.807) is 18.2 Å². The summed E-state index contributed by atoms with van der Waals surface area (Å²) in [7, 11) is 0. The summed E-state index contributed by atoms with van der Waals surface area (Å²) >= 11 is 6.86. The van der Waals surface area contributed by atoms with E-state index < -0.39 is 39.9 Å². The number of fused-ring (bicyclic) bond motifs is 1. The van der Waals surface area contributed by atoms with Gasteiger partial charge in [-0.2, -0.15) is 13.2 Å². The number of hydrogen-bond acceptors (Lipinski definition) is 7. The minimum Gasteiger partial charge on any atom is -0.463 e. The van der Waals surface area contributed by atoms with Crippen LogP contribution in [-0.2, 0) is 9.53 Å². The van der Waals surface area contributed by atoms with Gasteiger partial charge in [-0.05, 0) is 60.0 Å². The number of halogens is 4. The highest BCUT2D eigenvalue weighted by Gasteiger charge is 2.45. The molecule has 0 N–H and O–H groups in total. The molecule has 266 valence electrons. The average molecular weight is 755 g/mol. The molecule has 1 aliphatic heterocycles. The fourth-order valence-corrected chi connectivity index (χ4v) is 7.40. The van der Waals surface area contributed by atoms with E-state index in [0.717, 1.165) is 27.0 Å². The summed E-state index contributed by atoms with van der Waals surface area (Å²) in [5.41, 5.74) is 1.08. The topological polar surface area (TPSA) is 109 Å². The van der Waals surface area contributed by atoms with Crippen molar-refractivity contribution in [1.29, 1.82) is 0 Å². The van der Waals surface area contributed by atoms with E-state index in [4.69, 9.17) is 16.3 Å². The lowest BCUT2D eigenvalue weighted by atomic mass is 9.95. The Morgan fingerprint density at radius 3 is 2.17 bits per heavy atom. The number of carbonyl (C=O) groups excluding carboxylic acids is 1. The third-order valence-corrected chi connectivity index (χ3v) is 9.77. The minimum absolute atomic E-state index is 0.0481. The van der Waals surface area contributed by atoms with Crippen LogP contribution in [0.3, 0.4) is 0 Å². The lowest BCUT2D eigenvalue weighted by molar-refractivity contribution is -0.384. The van der Waals surface area contributed by atoms with Gasteiger partial charge in [0.2, 0.25) is 0 Å². The van der Waals surface area contributed by atoms with Gasteiger partial charge in [0.25, 0.3) is 11.2 Å². The Labute approximate surface area is 308 Å². The van der Waals surface area contributed by atoms with Gasteiger partial charge in [0.15, 0.2) is 10.5 Å². The van der Waals surface area contributed by atoms with Crippen LogP contribution in [0.25, 0.3) is 34.3 Å². The Kier molecular flexibility index (Phi) is 9.45. The van der Waals surface area contributed by atoms with E-state index in [0.29, 0.717) is 27.7 Å². The zero-order valence-electron chi connectivity index (χ0n) is 27.6. The SMILES string of the molecule is CCOC(=O)C1=C(C(F)(F)F)N=c2s/c(=C\c3cc(-c4ccccc4)n(-c4ccc([N+](=O)[O-])cc4)c3-c3ccccc3)c(=O)n2[C@H]1c1ccc(Cl)cc1. The number of aromatic nitrogens is 2. The fourth-order valence-electron chi connectivity index (χ4n) is 6.29. The summed E-state index contributed by atoms with van der Waals surface area (Å²) in [6.45, 7) is 1.26. The number of alkyl halides is 3. The molecule has 0 bridgehead atoms. The number of allylic oxidation sites excluding steroid dienone is 1. The van der Waals surface area contributed by atoms with Crippen LogP contribution in [0.15, 0.2) is 136 Å². The average Bonchev–Trinajstić information content (AvgIpc) is 3.68. The number of nitrogens with zero attached hydrogens (tertiary/aromatic N) is 4. The molecule has 53 heavy (non-hydrogen) atoms. The van der Waals surface area contributed by atoms with Crippen LogP contribution in [0.1, 0.15) is 24.1 Å². The Morgan fingerprint density at radius 1 is 0.962 bits per heavy atom. The third kappa shape index (κ3) is 6.72. The maximum atomic E-state index is 14.7. The van der Waals surface area contributed by atoms with Crippen molar-refractivity contribution in [3.63, 3.8) is 0 Å². The van der Waals surface area contributed by atoms with Crippen molar-refractivity contribution >= 4 is 40.7 Å². The van der Waals surface area contributed by atoms with E-state index in [1.807, 2.05) is 71.3 Å². The van der Waals surface area contributed by atoms with Crippen LogP contribution >= 0.6 is 22.9 Å². The van der Waals surface area contributed by atoms with Crippen LogP contribution in [0.5, 0.6) is 0 Å². The van der Waals surface area contributed by atoms with Gasteiger partial charge in [0, 0.05) is 28.4 Å². The van der Waals surface area contributed by atoms with Gasteiger partial charge in [-0.3, -0.25) is 19.5 Å². The first kappa shape index (κ1) is 35.4. The number of carbonyl (C=O) groups is 1. The third-order valence-electron chi connectivity index (χ3n) is 8.53. The molecule has 1 aliphatic rings. The zero-order chi connectivity index (χ0) is 37.4. The smallest absolute Gasteiger partial charge is 0.434 e. The van der Waals surface area contributed by atoms with Crippen LogP contribution in [0, 0.1) is 10.1 Å². The summed E-state index contributed by atoms with van der Waals surface area (Å²) in [5.74, 6) is -1.25. The van der Waals surface area contributed by atoms with E-state index in [-0.39, 0.29) is 27.2 Å². The maximum absolute atomic E-state index is 14.7. The van der Waals surface area contributed by atoms with Crippen LogP contribution in [0.4, 0.5) is 18.9 Å². The monoisotopic (exact) mass is 754 g/mol. The molecule has 9 nitrogen and oxygen atoms in total. The molecule has 0 aliphatic carbocycles. The first-order valence-corrected chi connectivity index (χ1v) is 17.3. The summed E-state index contributed by atoms with van der Waals surface area (Å²) in [6.07, 6.45) is -3.48. The summed E-state index contributed by atoms with van der Waals surface area (Å²) in [6, 6.07) is 30.8. The van der Waals surface area contributed by atoms with E-state index in [9.17, 15) is 32.9 Å². The molecule has 4 aromatic carbocycles. The second-order valence-electron chi connectivity index (χ2n) is 11.8. The largest absolute Gasteiger partial charge is 0.463 e. The lowest BCUT2D eigenvalue weighted by Crippen LogP contribution is -2.41. The predicted octanol–water partition coefficient (Wildman–Crippen LogP) is 8.03. The number of rotatable bonds is 8. The number of hydrogen-bond donors (Lipinski definition) is 0. The van der Waals surface area contributed by atoms with E-state index >= 15 is 0 Å². The molecule has 6 aromatic rings. The number of esters is 1. The van der Waals surface area contributed by atoms with Gasteiger partial charge in [0.1, 0.15) is 0 Å². The molecule has 2 aromatic heterocycles. The highest BCUT2D eigenvalue weighted by atomic mass is 35.5. The molecule has 0 fully saturated rings. The maximum Gasteiger partial charge on any atom is 0.434 e. The van der Waals surface area contributed by atoms with Gasteiger partial charge >= 0.3 is 12.1 Å². The molecule has 14 heteroatoms. The van der Waals surface area contributed by atoms with Gasteiger partial charge in [-0.15, -0.1) is 0 Å². The second kappa shape index (κ2) is 14.2. The van der Waals surface area contributed by atoms with Crippen molar-refractivity contribution in [3.8, 4) is 28.2 Å². The number of non-ortho nitro benzene ring substituents is 1. The Morgan fingerprint density at radius 2 is 1.58 bits per heavy atom. The number of thiazole rings is 1. The molecule has 3 heterocycles. The molecule has 0 amide bonds. The first-order valence-electron chi connectivity index (χ1n) is 16.1. The molecule has 0 radical (unpaired) electrons. The fraction of sp³-hybridized carbons (Fsp3) is 0.103. The standard InChI is InChI=1S/C39H26ClF3N4O5S/c1-2-52-37(49)32-34(25-13-15-27(40)16-14-25)46-36(48)31(53-38(46)44-35(32)39(41,42)43)22-26-21-30(23-9-5-3-6-10-23)45(33(26)24-11-7-4-8-12-24)28-17-19-29(20-18-28)47(50)51/h3-22,34H,2H2,1H3/b31-22-/t34-/m0/s1. The Hall–Kier alpha value is -6.05. The van der Waals surface area contributed by atoms with Gasteiger partial charge in [-0.25, -0.2) is 9.79 Å². The van der Waals surface area contributed by atoms with Crippen molar-refractivity contribution in [1.82, 2.24) is 9.13 Å². The van der Waals surface area contributed by atoms with E-state index in [2.05, 4.69) is 4.99 Å². The Bertz CT molecular complexity index is 2580. The number of nitro benzene ring substituents is 1. The van der Waals surface area contributed by atoms with Crippen LogP contribution < -0.4 is 14.9 Å². The summed E-state index contributed by atoms with van der Waals surface area (Å²) in [4.78, 5) is 42.3. The molecule has 0 unspecified atom stereocenters. The Balaban J connectivity index is 1.54. The van der Waals surface area contributed by atoms with Crippen molar-refractivity contribution in [2.24, 2.45) is 4.99 Å². The van der Waals surface area contributed by atoms with E-state index in [1.165, 1.54) is 43.3 Å². The van der Waals surface area contributed by atoms with Gasteiger partial charge in [-0.1, -0.05) is 95.7 Å². The molecule has 0 spiro atoms. The summed E-state index contributed by atoms with van der Waals surface area (Å²) in [5, 5.41) is 11.8. The predicted molar refractivity (Wildman–Crippen MR) is 196 cm³/mol. The highest BCUT2D eigenvalue weighted by Crippen LogP contribution is 2.39. The van der Waals surface area contributed by atoms with Crippen molar-refractivity contribution < 1.29 is 27.6 Å². The first-order chi connectivity index (χ1) is 25.5. The molecular formula is C39H26ClF3N4O5S. The van der Waals surface area contributed by atoms with Crippen molar-refractivity contribution in [3.05, 3.63) is 172 Å². The van der Waals surface area contributed by atoms with Crippen molar-refractivity contribution in [2.75, 3.05) is 6.61 Å². The summed E-state index contributed by atoms with van der Waals surface area (Å²) < 4.78 is 52.1. The number of benzene rings is 4. The second-order valence-corrected chi connectivity index (χ2v) is 13.2. The van der Waals surface area contributed by atoms with Gasteiger partial charge < -0.3 is 9.30 Å². The van der Waals surface area contributed by atoms with Crippen LogP contribution in [0.2, 0.25) is 5.02 Å². The van der Waals surface area contributed by atoms with Crippen LogP contribution in [-0.4, -0.2) is 32.8 Å². The van der Waals surface area contributed by atoms with Crippen molar-refractivity contribution in [2.45, 2.75) is 19.1 Å². The number of ether oxygens (including phenoxy) is 1.